The number of carbonyl (C=O) groups is 2. The van der Waals surface area contributed by atoms with Gasteiger partial charge in [0.25, 0.3) is 0 Å². The number of rotatable bonds is 8. The SMILES string of the molecule is COc1cccc(CN(C(=O)CCl)C(C(=O)NC2CCC(C)CC2)c2ccc(C)cc2)c1. The molecule has 1 aliphatic rings. The number of alkyl halides is 1. The van der Waals surface area contributed by atoms with Crippen LogP contribution in [0.5, 0.6) is 5.75 Å². The number of methoxy groups -OCH3 is 1. The van der Waals surface area contributed by atoms with Crippen LogP contribution in [0.1, 0.15) is 55.3 Å². The summed E-state index contributed by atoms with van der Waals surface area (Å²) in [5.41, 5.74) is 2.75. The standard InChI is InChI=1S/C26H33ClN2O3/c1-18-7-11-21(12-8-18)25(26(31)28-22-13-9-19(2)10-14-22)29(24(30)16-27)17-20-5-4-6-23(15-20)32-3/h4-8,11-12,15,19,22,25H,9-10,13-14,16-17H2,1-3H3,(H,28,31). The van der Waals surface area contributed by atoms with E-state index < -0.39 is 6.04 Å². The summed E-state index contributed by atoms with van der Waals surface area (Å²) in [6.45, 7) is 4.51. The number of nitrogens with zero attached hydrogens (tertiary/aromatic N) is 1. The first kappa shape index (κ1) is 24.1. The smallest absolute Gasteiger partial charge is 0.247 e. The van der Waals surface area contributed by atoms with Gasteiger partial charge in [-0.05, 0) is 61.8 Å². The molecule has 32 heavy (non-hydrogen) atoms. The third-order valence-electron chi connectivity index (χ3n) is 6.24. The van der Waals surface area contributed by atoms with Crippen LogP contribution in [0.15, 0.2) is 48.5 Å². The van der Waals surface area contributed by atoms with E-state index in [0.717, 1.165) is 42.4 Å². The summed E-state index contributed by atoms with van der Waals surface area (Å²) in [6, 6.07) is 14.7. The second kappa shape index (κ2) is 11.4. The largest absolute Gasteiger partial charge is 0.497 e. The normalized spacial score (nSPS) is 19.1. The first-order valence-electron chi connectivity index (χ1n) is 11.3. The number of amides is 2. The molecule has 1 atom stereocenters. The minimum Gasteiger partial charge on any atom is -0.497 e. The van der Waals surface area contributed by atoms with Gasteiger partial charge in [0.05, 0.1) is 7.11 Å². The van der Waals surface area contributed by atoms with E-state index in [2.05, 4.69) is 12.2 Å². The third kappa shape index (κ3) is 6.26. The lowest BCUT2D eigenvalue weighted by Crippen LogP contribution is -2.47. The van der Waals surface area contributed by atoms with Crippen LogP contribution in [0.25, 0.3) is 0 Å². The van der Waals surface area contributed by atoms with Crippen molar-refractivity contribution in [1.29, 1.82) is 0 Å². The summed E-state index contributed by atoms with van der Waals surface area (Å²) in [4.78, 5) is 28.1. The average molecular weight is 457 g/mol. The Morgan fingerprint density at radius 2 is 1.81 bits per heavy atom. The van der Waals surface area contributed by atoms with E-state index in [1.54, 1.807) is 12.0 Å². The Morgan fingerprint density at radius 1 is 1.12 bits per heavy atom. The molecule has 0 bridgehead atoms. The Kier molecular flexibility index (Phi) is 8.57. The minimum atomic E-state index is -0.757. The van der Waals surface area contributed by atoms with Crippen molar-refractivity contribution >= 4 is 23.4 Å². The number of hydrogen-bond acceptors (Lipinski definition) is 3. The molecule has 0 aromatic heterocycles. The Bertz CT molecular complexity index is 908. The van der Waals surface area contributed by atoms with E-state index in [1.807, 2.05) is 55.5 Å². The lowest BCUT2D eigenvalue weighted by molar-refractivity contribution is -0.140. The van der Waals surface area contributed by atoms with Crippen LogP contribution in [0.3, 0.4) is 0 Å². The summed E-state index contributed by atoms with van der Waals surface area (Å²) < 4.78 is 5.33. The van der Waals surface area contributed by atoms with Crippen LogP contribution in [-0.4, -0.2) is 35.7 Å². The maximum absolute atomic E-state index is 13.6. The number of benzene rings is 2. The first-order chi connectivity index (χ1) is 15.4. The van der Waals surface area contributed by atoms with E-state index >= 15 is 0 Å². The highest BCUT2D eigenvalue weighted by Crippen LogP contribution is 2.28. The number of carbonyl (C=O) groups excluding carboxylic acids is 2. The monoisotopic (exact) mass is 456 g/mol. The summed E-state index contributed by atoms with van der Waals surface area (Å²) >= 11 is 5.99. The molecule has 0 spiro atoms. The summed E-state index contributed by atoms with van der Waals surface area (Å²) in [6.07, 6.45) is 4.14. The molecule has 0 saturated heterocycles. The van der Waals surface area contributed by atoms with Crippen molar-refractivity contribution in [3.8, 4) is 5.75 Å². The Hall–Kier alpha value is -2.53. The molecule has 3 rings (SSSR count). The average Bonchev–Trinajstić information content (AvgIpc) is 2.81. The predicted molar refractivity (Wildman–Crippen MR) is 128 cm³/mol. The lowest BCUT2D eigenvalue weighted by Gasteiger charge is -2.34. The van der Waals surface area contributed by atoms with Gasteiger partial charge in [0, 0.05) is 12.6 Å². The molecule has 1 saturated carbocycles. The van der Waals surface area contributed by atoms with Gasteiger partial charge in [-0.3, -0.25) is 9.59 Å². The number of aryl methyl sites for hydroxylation is 1. The highest BCUT2D eigenvalue weighted by molar-refractivity contribution is 6.27. The summed E-state index contributed by atoms with van der Waals surface area (Å²) in [7, 11) is 1.61. The van der Waals surface area contributed by atoms with Crippen molar-refractivity contribution < 1.29 is 14.3 Å². The van der Waals surface area contributed by atoms with Gasteiger partial charge in [-0.2, -0.15) is 0 Å². The van der Waals surface area contributed by atoms with E-state index in [0.29, 0.717) is 11.7 Å². The fourth-order valence-electron chi connectivity index (χ4n) is 4.27. The lowest BCUT2D eigenvalue weighted by atomic mass is 9.87. The fraction of sp³-hybridized carbons (Fsp3) is 0.462. The van der Waals surface area contributed by atoms with Gasteiger partial charge in [0.1, 0.15) is 17.7 Å². The maximum atomic E-state index is 13.6. The molecule has 2 aromatic rings. The Morgan fingerprint density at radius 3 is 2.44 bits per heavy atom. The third-order valence-corrected chi connectivity index (χ3v) is 6.47. The van der Waals surface area contributed by atoms with Crippen molar-refractivity contribution in [1.82, 2.24) is 10.2 Å². The molecule has 0 radical (unpaired) electrons. The molecule has 0 aliphatic heterocycles. The molecule has 5 nitrogen and oxygen atoms in total. The van der Waals surface area contributed by atoms with Gasteiger partial charge in [-0.1, -0.05) is 48.9 Å². The van der Waals surface area contributed by atoms with E-state index in [9.17, 15) is 9.59 Å². The van der Waals surface area contributed by atoms with Gasteiger partial charge in [0.2, 0.25) is 11.8 Å². The zero-order chi connectivity index (χ0) is 23.1. The molecule has 1 fully saturated rings. The van der Waals surface area contributed by atoms with Crippen LogP contribution in [0.2, 0.25) is 0 Å². The molecular weight excluding hydrogens is 424 g/mol. The van der Waals surface area contributed by atoms with E-state index in [1.165, 1.54) is 0 Å². The highest BCUT2D eigenvalue weighted by Gasteiger charge is 2.33. The fourth-order valence-corrected chi connectivity index (χ4v) is 4.43. The molecule has 1 aliphatic carbocycles. The summed E-state index contributed by atoms with van der Waals surface area (Å²) in [5, 5.41) is 3.22. The van der Waals surface area contributed by atoms with Gasteiger partial charge in [-0.25, -0.2) is 0 Å². The maximum Gasteiger partial charge on any atom is 0.247 e. The Balaban J connectivity index is 1.92. The number of halogens is 1. The quantitative estimate of drug-likeness (QED) is 0.568. The second-order valence-electron chi connectivity index (χ2n) is 8.79. The van der Waals surface area contributed by atoms with Crippen molar-refractivity contribution in [3.63, 3.8) is 0 Å². The molecule has 2 aromatic carbocycles. The molecule has 0 heterocycles. The summed E-state index contributed by atoms with van der Waals surface area (Å²) in [5.74, 6) is 0.759. The van der Waals surface area contributed by atoms with Gasteiger partial charge >= 0.3 is 0 Å². The predicted octanol–water partition coefficient (Wildman–Crippen LogP) is 5.01. The van der Waals surface area contributed by atoms with Crippen molar-refractivity contribution in [2.24, 2.45) is 5.92 Å². The van der Waals surface area contributed by atoms with Crippen LogP contribution in [0, 0.1) is 12.8 Å². The Labute approximate surface area is 196 Å². The van der Waals surface area contributed by atoms with E-state index in [-0.39, 0.29) is 30.3 Å². The van der Waals surface area contributed by atoms with Crippen molar-refractivity contribution in [2.45, 2.75) is 58.2 Å². The molecule has 6 heteroatoms. The number of nitrogens with one attached hydrogen (secondary N) is 1. The van der Waals surface area contributed by atoms with Crippen LogP contribution in [-0.2, 0) is 16.1 Å². The van der Waals surface area contributed by atoms with Crippen LogP contribution >= 0.6 is 11.6 Å². The van der Waals surface area contributed by atoms with Crippen LogP contribution < -0.4 is 10.1 Å². The molecule has 172 valence electrons. The number of ether oxygens (including phenoxy) is 1. The number of hydrogen-bond donors (Lipinski definition) is 1. The molecule has 2 amide bonds. The van der Waals surface area contributed by atoms with Gasteiger partial charge in [-0.15, -0.1) is 11.6 Å². The topological polar surface area (TPSA) is 58.6 Å². The minimum absolute atomic E-state index is 0.136. The first-order valence-corrected chi connectivity index (χ1v) is 11.8. The van der Waals surface area contributed by atoms with E-state index in [4.69, 9.17) is 16.3 Å². The zero-order valence-electron chi connectivity index (χ0n) is 19.1. The zero-order valence-corrected chi connectivity index (χ0v) is 19.9. The molecule has 1 unspecified atom stereocenters. The van der Waals surface area contributed by atoms with Crippen LogP contribution in [0.4, 0.5) is 0 Å². The molecular formula is C26H33ClN2O3. The molecule has 1 N–H and O–H groups in total. The second-order valence-corrected chi connectivity index (χ2v) is 9.05. The van der Waals surface area contributed by atoms with Crippen molar-refractivity contribution in [3.05, 3.63) is 65.2 Å². The van der Waals surface area contributed by atoms with Gasteiger partial charge < -0.3 is 15.0 Å². The van der Waals surface area contributed by atoms with Crippen molar-refractivity contribution in [2.75, 3.05) is 13.0 Å². The highest BCUT2D eigenvalue weighted by atomic mass is 35.5. The van der Waals surface area contributed by atoms with Gasteiger partial charge in [0.15, 0.2) is 0 Å².